The van der Waals surface area contributed by atoms with E-state index in [1.54, 1.807) is 0 Å². The number of rotatable bonds is 4. The first-order valence-corrected chi connectivity index (χ1v) is 5.38. The highest BCUT2D eigenvalue weighted by atomic mass is 35.5. The predicted octanol–water partition coefficient (Wildman–Crippen LogP) is 2.85. The van der Waals surface area contributed by atoms with Gasteiger partial charge in [0, 0.05) is 25.0 Å². The molecule has 78 valence electrons. The average Bonchev–Trinajstić information content (AvgIpc) is 2.42. The summed E-state index contributed by atoms with van der Waals surface area (Å²) < 4.78 is 1.94. The van der Waals surface area contributed by atoms with Gasteiger partial charge in [0.15, 0.2) is 0 Å². The number of halogens is 1. The minimum absolute atomic E-state index is 0.696. The molecule has 0 saturated heterocycles. The predicted molar refractivity (Wildman–Crippen MR) is 60.7 cm³/mol. The largest absolute Gasteiger partial charge is 0.272 e. The molecule has 3 heteroatoms. The summed E-state index contributed by atoms with van der Waals surface area (Å²) in [5.41, 5.74) is 3.69. The molecule has 1 aromatic rings. The van der Waals surface area contributed by atoms with Crippen LogP contribution in [-0.2, 0) is 13.5 Å². The molecule has 0 spiro atoms. The summed E-state index contributed by atoms with van der Waals surface area (Å²) in [6, 6.07) is 2.12. The Morgan fingerprint density at radius 3 is 2.86 bits per heavy atom. The van der Waals surface area contributed by atoms with Crippen molar-refractivity contribution in [2.24, 2.45) is 7.05 Å². The maximum Gasteiger partial charge on any atom is 0.0596 e. The van der Waals surface area contributed by atoms with Crippen LogP contribution in [0, 0.1) is 6.92 Å². The molecule has 0 saturated carbocycles. The first-order valence-electron chi connectivity index (χ1n) is 4.84. The van der Waals surface area contributed by atoms with E-state index in [0.29, 0.717) is 5.88 Å². The highest BCUT2D eigenvalue weighted by molar-refractivity contribution is 6.17. The number of hydrogen-bond donors (Lipinski definition) is 0. The van der Waals surface area contributed by atoms with Crippen molar-refractivity contribution < 1.29 is 0 Å². The van der Waals surface area contributed by atoms with Crippen molar-refractivity contribution in [3.05, 3.63) is 29.1 Å². The molecule has 0 N–H and O–H groups in total. The van der Waals surface area contributed by atoms with Crippen molar-refractivity contribution in [1.29, 1.82) is 0 Å². The maximum atomic E-state index is 5.62. The second-order valence-electron chi connectivity index (χ2n) is 3.61. The Bertz CT molecular complexity index is 326. The Labute approximate surface area is 90.6 Å². The smallest absolute Gasteiger partial charge is 0.0596 e. The zero-order chi connectivity index (χ0) is 10.6. The Morgan fingerprint density at radius 2 is 2.36 bits per heavy atom. The number of aromatic nitrogens is 2. The van der Waals surface area contributed by atoms with Crippen LogP contribution in [0.5, 0.6) is 0 Å². The molecule has 0 aliphatic rings. The first kappa shape index (κ1) is 11.3. The fourth-order valence-corrected chi connectivity index (χ4v) is 1.60. The molecule has 2 nitrogen and oxygen atoms in total. The van der Waals surface area contributed by atoms with Crippen LogP contribution >= 0.6 is 11.6 Å². The van der Waals surface area contributed by atoms with E-state index in [4.69, 9.17) is 11.6 Å². The maximum absolute atomic E-state index is 5.62. The fourth-order valence-electron chi connectivity index (χ4n) is 1.49. The van der Waals surface area contributed by atoms with Crippen LogP contribution < -0.4 is 0 Å². The fraction of sp³-hybridized carbons (Fsp3) is 0.545. The van der Waals surface area contributed by atoms with Crippen LogP contribution in [-0.4, -0.2) is 15.7 Å². The lowest BCUT2D eigenvalue weighted by atomic mass is 10.1. The van der Waals surface area contributed by atoms with E-state index in [9.17, 15) is 0 Å². The molecule has 1 aromatic heterocycles. The number of aryl methyl sites for hydroxylation is 2. The molecule has 0 bridgehead atoms. The zero-order valence-electron chi connectivity index (χ0n) is 9.05. The molecule has 0 aliphatic carbocycles. The van der Waals surface area contributed by atoms with Crippen LogP contribution in [0.1, 0.15) is 24.7 Å². The van der Waals surface area contributed by atoms with Gasteiger partial charge in [-0.1, -0.05) is 11.6 Å². The standard InChI is InChI=1S/C11H17ClN2/c1-9(5-4-6-12)7-11-8-10(2)13-14(11)3/h5,8H,4,6-7H2,1-3H3. The van der Waals surface area contributed by atoms with Gasteiger partial charge in [0.05, 0.1) is 5.69 Å². The topological polar surface area (TPSA) is 17.8 Å². The lowest BCUT2D eigenvalue weighted by molar-refractivity contribution is 0.714. The van der Waals surface area contributed by atoms with Crippen molar-refractivity contribution in [3.8, 4) is 0 Å². The third-order valence-corrected chi connectivity index (χ3v) is 2.38. The van der Waals surface area contributed by atoms with E-state index >= 15 is 0 Å². The number of nitrogens with zero attached hydrogens (tertiary/aromatic N) is 2. The Morgan fingerprint density at radius 1 is 1.64 bits per heavy atom. The van der Waals surface area contributed by atoms with Crippen molar-refractivity contribution in [2.75, 3.05) is 5.88 Å². The quantitative estimate of drug-likeness (QED) is 0.555. The third-order valence-electron chi connectivity index (χ3n) is 2.16. The molecule has 14 heavy (non-hydrogen) atoms. The third kappa shape index (κ3) is 3.18. The number of hydrogen-bond acceptors (Lipinski definition) is 1. The SMILES string of the molecule is CC(=CCCCl)Cc1cc(C)nn1C. The van der Waals surface area contributed by atoms with Gasteiger partial charge in [0.2, 0.25) is 0 Å². The summed E-state index contributed by atoms with van der Waals surface area (Å²) in [4.78, 5) is 0. The lowest BCUT2D eigenvalue weighted by Gasteiger charge is -2.01. The molecular weight excluding hydrogens is 196 g/mol. The highest BCUT2D eigenvalue weighted by Gasteiger charge is 2.01. The molecule has 0 radical (unpaired) electrons. The van der Waals surface area contributed by atoms with E-state index in [0.717, 1.165) is 18.5 Å². The van der Waals surface area contributed by atoms with Crippen LogP contribution in [0.4, 0.5) is 0 Å². The van der Waals surface area contributed by atoms with Gasteiger partial charge in [-0.3, -0.25) is 4.68 Å². The summed E-state index contributed by atoms with van der Waals surface area (Å²) in [6.45, 7) is 4.15. The molecule has 0 atom stereocenters. The summed E-state index contributed by atoms with van der Waals surface area (Å²) in [6.07, 6.45) is 4.10. The van der Waals surface area contributed by atoms with Gasteiger partial charge in [-0.05, 0) is 26.3 Å². The molecule has 1 rings (SSSR count). The van der Waals surface area contributed by atoms with E-state index in [2.05, 4.69) is 24.2 Å². The van der Waals surface area contributed by atoms with Crippen molar-refractivity contribution >= 4 is 11.6 Å². The Kier molecular flexibility index (Phi) is 4.21. The van der Waals surface area contributed by atoms with Gasteiger partial charge in [0.25, 0.3) is 0 Å². The van der Waals surface area contributed by atoms with E-state index in [1.165, 1.54) is 11.3 Å². The van der Waals surface area contributed by atoms with Crippen LogP contribution in [0.15, 0.2) is 17.7 Å². The van der Waals surface area contributed by atoms with Gasteiger partial charge in [-0.25, -0.2) is 0 Å². The number of allylic oxidation sites excluding steroid dienone is 2. The summed E-state index contributed by atoms with van der Waals surface area (Å²) >= 11 is 5.62. The van der Waals surface area contributed by atoms with Crippen LogP contribution in [0.25, 0.3) is 0 Å². The van der Waals surface area contributed by atoms with Gasteiger partial charge < -0.3 is 0 Å². The van der Waals surface area contributed by atoms with Crippen molar-refractivity contribution in [3.63, 3.8) is 0 Å². The highest BCUT2D eigenvalue weighted by Crippen LogP contribution is 2.09. The zero-order valence-corrected chi connectivity index (χ0v) is 9.80. The van der Waals surface area contributed by atoms with Gasteiger partial charge in [-0.15, -0.1) is 11.6 Å². The molecule has 1 heterocycles. The monoisotopic (exact) mass is 212 g/mol. The second-order valence-corrected chi connectivity index (χ2v) is 3.98. The first-order chi connectivity index (χ1) is 6.63. The van der Waals surface area contributed by atoms with Crippen LogP contribution in [0.2, 0.25) is 0 Å². The Hall–Kier alpha value is -0.760. The second kappa shape index (κ2) is 5.20. The van der Waals surface area contributed by atoms with Crippen molar-refractivity contribution in [1.82, 2.24) is 9.78 Å². The lowest BCUT2D eigenvalue weighted by Crippen LogP contribution is -1.98. The summed E-state index contributed by atoms with van der Waals surface area (Å²) in [7, 11) is 1.98. The molecular formula is C11H17ClN2. The van der Waals surface area contributed by atoms with Crippen molar-refractivity contribution in [2.45, 2.75) is 26.7 Å². The van der Waals surface area contributed by atoms with Gasteiger partial charge >= 0.3 is 0 Å². The summed E-state index contributed by atoms with van der Waals surface area (Å²) in [5.74, 6) is 0.696. The van der Waals surface area contributed by atoms with Gasteiger partial charge in [0.1, 0.15) is 0 Å². The van der Waals surface area contributed by atoms with E-state index in [1.807, 2.05) is 18.7 Å². The minimum atomic E-state index is 0.696. The van der Waals surface area contributed by atoms with E-state index < -0.39 is 0 Å². The van der Waals surface area contributed by atoms with Crippen LogP contribution in [0.3, 0.4) is 0 Å². The molecule has 0 amide bonds. The van der Waals surface area contributed by atoms with Gasteiger partial charge in [-0.2, -0.15) is 5.10 Å². The summed E-state index contributed by atoms with van der Waals surface area (Å²) in [5, 5.41) is 4.31. The van der Waals surface area contributed by atoms with E-state index in [-0.39, 0.29) is 0 Å². The molecule has 0 unspecified atom stereocenters. The minimum Gasteiger partial charge on any atom is -0.272 e. The number of alkyl halides is 1. The molecule has 0 fully saturated rings. The molecule has 0 aliphatic heterocycles. The average molecular weight is 213 g/mol. The Balaban J connectivity index is 2.64. The normalized spacial score (nSPS) is 12.1. The molecule has 0 aromatic carbocycles.